The van der Waals surface area contributed by atoms with Crippen LogP contribution in [0.5, 0.6) is 0 Å². The Morgan fingerprint density at radius 3 is 1.42 bits per heavy atom. The third-order valence-electron chi connectivity index (χ3n) is 9.82. The lowest BCUT2D eigenvalue weighted by molar-refractivity contribution is -0.132. The second-order valence-electron chi connectivity index (χ2n) is 14.0. The number of carboxylic acids is 1. The van der Waals surface area contributed by atoms with Crippen LogP contribution in [0, 0.1) is 10.8 Å². The number of halogens is 2. The highest BCUT2D eigenvalue weighted by Gasteiger charge is 2.29. The van der Waals surface area contributed by atoms with Gasteiger partial charge in [0.2, 0.25) is 5.24 Å². The number of alkyl halides is 1. The highest BCUT2D eigenvalue weighted by Crippen LogP contribution is 2.43. The number of allylic oxidation sites excluding steroid dienone is 1. The van der Waals surface area contributed by atoms with Crippen LogP contribution in [0.1, 0.15) is 190 Å². The Morgan fingerprint density at radius 1 is 0.733 bits per heavy atom. The highest BCUT2D eigenvalue weighted by molar-refractivity contribution is 6.63. The van der Waals surface area contributed by atoms with Gasteiger partial charge in [0.1, 0.15) is 0 Å². The molecule has 3 rings (SSSR count). The SMILES string of the molecule is C.C=C(C)C(=O)O.C=C(C)CC1(CC)CCCCC1.CCC1(C)CCCCC1.CCC1(O)CCCCC1.O=C(Cl)CCCCCl. The summed E-state index contributed by atoms with van der Waals surface area (Å²) >= 11 is 10.4. The van der Waals surface area contributed by atoms with Gasteiger partial charge in [-0.3, -0.25) is 4.79 Å². The first-order valence-corrected chi connectivity index (χ1v) is 18.5. The Morgan fingerprint density at radius 2 is 1.16 bits per heavy atom. The molecule has 0 heterocycles. The Balaban J connectivity index is -0.000000496. The van der Waals surface area contributed by atoms with E-state index in [2.05, 4.69) is 47.8 Å². The van der Waals surface area contributed by atoms with Gasteiger partial charge in [0.05, 0.1) is 5.60 Å². The smallest absolute Gasteiger partial charge is 0.330 e. The van der Waals surface area contributed by atoms with Crippen LogP contribution in [0.3, 0.4) is 0 Å². The molecule has 0 amide bonds. The van der Waals surface area contributed by atoms with E-state index in [9.17, 15) is 14.7 Å². The molecule has 0 unspecified atom stereocenters. The zero-order chi connectivity index (χ0) is 34.1. The van der Waals surface area contributed by atoms with Gasteiger partial charge in [-0.05, 0) is 100 Å². The summed E-state index contributed by atoms with van der Waals surface area (Å²) in [5.41, 5.74) is 2.63. The van der Waals surface area contributed by atoms with Crippen molar-refractivity contribution in [1.29, 1.82) is 0 Å². The first-order chi connectivity index (χ1) is 20.6. The van der Waals surface area contributed by atoms with E-state index in [0.717, 1.165) is 37.5 Å². The summed E-state index contributed by atoms with van der Waals surface area (Å²) in [6, 6.07) is 0. The number of carbonyl (C=O) groups excluding carboxylic acids is 1. The van der Waals surface area contributed by atoms with Gasteiger partial charge in [-0.15, -0.1) is 18.2 Å². The zero-order valence-electron chi connectivity index (χ0n) is 29.6. The van der Waals surface area contributed by atoms with Crippen LogP contribution in [0.4, 0.5) is 0 Å². The number of rotatable bonds is 10. The third-order valence-corrected chi connectivity index (χ3v) is 10.3. The van der Waals surface area contributed by atoms with Gasteiger partial charge in [0.25, 0.3) is 0 Å². The lowest BCUT2D eigenvalue weighted by Crippen LogP contribution is -2.29. The quantitative estimate of drug-likeness (QED) is 0.0793. The van der Waals surface area contributed by atoms with Gasteiger partial charge in [-0.25, -0.2) is 4.79 Å². The van der Waals surface area contributed by atoms with Crippen LogP contribution < -0.4 is 0 Å². The summed E-state index contributed by atoms with van der Waals surface area (Å²) in [7, 11) is 0. The fourth-order valence-electron chi connectivity index (χ4n) is 6.28. The molecule has 268 valence electrons. The van der Waals surface area contributed by atoms with Gasteiger partial charge in [-0.2, -0.15) is 0 Å². The minimum Gasteiger partial charge on any atom is -0.478 e. The van der Waals surface area contributed by atoms with Crippen LogP contribution in [-0.2, 0) is 9.59 Å². The van der Waals surface area contributed by atoms with E-state index in [4.69, 9.17) is 28.3 Å². The molecule has 0 aromatic heterocycles. The molecule has 0 spiro atoms. The Hall–Kier alpha value is -0.840. The summed E-state index contributed by atoms with van der Waals surface area (Å²) in [5, 5.41) is 17.3. The Labute approximate surface area is 290 Å². The molecular weight excluding hydrogens is 603 g/mol. The molecule has 3 fully saturated rings. The molecule has 0 aliphatic heterocycles. The van der Waals surface area contributed by atoms with Crippen molar-refractivity contribution in [2.45, 2.75) is 196 Å². The summed E-state index contributed by atoms with van der Waals surface area (Å²) in [6.07, 6.45) is 27.5. The van der Waals surface area contributed by atoms with E-state index >= 15 is 0 Å². The van der Waals surface area contributed by atoms with Crippen molar-refractivity contribution in [3.05, 3.63) is 24.3 Å². The normalized spacial score (nSPS) is 19.0. The first kappa shape index (κ1) is 48.6. The fourth-order valence-corrected chi connectivity index (χ4v) is 6.60. The topological polar surface area (TPSA) is 74.6 Å². The minimum atomic E-state index is -0.935. The molecule has 3 saturated carbocycles. The van der Waals surface area contributed by atoms with Gasteiger partial charge in [-0.1, -0.05) is 118 Å². The van der Waals surface area contributed by atoms with Gasteiger partial charge in [0, 0.05) is 17.9 Å². The van der Waals surface area contributed by atoms with Crippen LogP contribution in [0.15, 0.2) is 24.3 Å². The maximum atomic E-state index is 10.0. The number of hydrogen-bond donors (Lipinski definition) is 2. The van der Waals surface area contributed by atoms with E-state index < -0.39 is 5.97 Å². The molecule has 3 aliphatic carbocycles. The summed E-state index contributed by atoms with van der Waals surface area (Å²) in [4.78, 5) is 19.6. The molecule has 0 atom stereocenters. The second kappa shape index (κ2) is 28.2. The number of carbonyl (C=O) groups is 2. The van der Waals surface area contributed by atoms with E-state index in [-0.39, 0.29) is 23.8 Å². The first-order valence-electron chi connectivity index (χ1n) is 17.6. The van der Waals surface area contributed by atoms with Gasteiger partial charge < -0.3 is 10.2 Å². The van der Waals surface area contributed by atoms with E-state index in [0.29, 0.717) is 17.7 Å². The highest BCUT2D eigenvalue weighted by atomic mass is 35.5. The lowest BCUT2D eigenvalue weighted by Gasteiger charge is -2.36. The number of aliphatic hydroxyl groups is 1. The van der Waals surface area contributed by atoms with Crippen LogP contribution in [0.2, 0.25) is 0 Å². The molecule has 45 heavy (non-hydrogen) atoms. The summed E-state index contributed by atoms with van der Waals surface area (Å²) in [5.74, 6) is -0.320. The van der Waals surface area contributed by atoms with Gasteiger partial charge in [0.15, 0.2) is 0 Å². The maximum Gasteiger partial charge on any atom is 0.330 e. The predicted octanol–water partition coefficient (Wildman–Crippen LogP) is 13.2. The molecule has 0 aromatic rings. The molecule has 0 saturated heterocycles. The number of carboxylic acid groups (broad SMARTS) is 1. The molecule has 2 N–H and O–H groups in total. The van der Waals surface area contributed by atoms with Crippen molar-refractivity contribution in [1.82, 2.24) is 0 Å². The largest absolute Gasteiger partial charge is 0.478 e. The predicted molar refractivity (Wildman–Crippen MR) is 200 cm³/mol. The van der Waals surface area contributed by atoms with Gasteiger partial charge >= 0.3 is 5.97 Å². The lowest BCUT2D eigenvalue weighted by atomic mass is 9.69. The molecule has 6 heteroatoms. The van der Waals surface area contributed by atoms with Crippen molar-refractivity contribution < 1.29 is 19.8 Å². The molecule has 0 bridgehead atoms. The zero-order valence-corrected chi connectivity index (χ0v) is 31.2. The molecule has 3 aliphatic rings. The number of hydrogen-bond acceptors (Lipinski definition) is 3. The van der Waals surface area contributed by atoms with Crippen molar-refractivity contribution >= 4 is 34.4 Å². The standard InChI is InChI=1S/C12H22.C9H18.C8H16O.C5H8Cl2O.C4H6O2.CH4/c1-4-12(10-11(2)3)8-6-5-7-9-12;1-3-9(2)7-5-4-6-8-9;1-2-8(9)6-4-3-5-7-8;6-4-2-1-3-5(7)8;1-3(2)4(5)6;/h2,4-10H2,1,3H3;3-8H2,1-2H3;9H,2-7H2,1H3;1-4H2;1H2,2H3,(H,5,6);1H4. The van der Waals surface area contributed by atoms with Crippen LogP contribution in [0.25, 0.3) is 0 Å². The van der Waals surface area contributed by atoms with Crippen molar-refractivity contribution in [3.63, 3.8) is 0 Å². The Kier molecular flexibility index (Phi) is 30.4. The third kappa shape index (κ3) is 26.9. The number of aliphatic carboxylic acids is 1. The molecule has 4 nitrogen and oxygen atoms in total. The molecule has 0 radical (unpaired) electrons. The van der Waals surface area contributed by atoms with E-state index in [1.807, 2.05) is 0 Å². The van der Waals surface area contributed by atoms with Crippen LogP contribution in [-0.4, -0.2) is 32.9 Å². The maximum absolute atomic E-state index is 10.0. The van der Waals surface area contributed by atoms with E-state index in [1.54, 1.807) is 0 Å². The monoisotopic (exact) mass is 676 g/mol. The average molecular weight is 678 g/mol. The second-order valence-corrected chi connectivity index (χ2v) is 14.8. The van der Waals surface area contributed by atoms with Crippen molar-refractivity contribution in [2.24, 2.45) is 10.8 Å². The van der Waals surface area contributed by atoms with Crippen molar-refractivity contribution in [2.75, 3.05) is 5.88 Å². The van der Waals surface area contributed by atoms with Crippen molar-refractivity contribution in [3.8, 4) is 0 Å². The average Bonchev–Trinajstić information content (AvgIpc) is 2.99. The number of unbranched alkanes of at least 4 members (excludes halogenated alkanes) is 1. The molecular formula is C39H74Cl2O4. The minimum absolute atomic E-state index is 0. The van der Waals surface area contributed by atoms with Crippen LogP contribution >= 0.6 is 23.2 Å². The summed E-state index contributed by atoms with van der Waals surface area (Å²) < 4.78 is 0. The fraction of sp³-hybridized carbons (Fsp3) is 0.846. The summed E-state index contributed by atoms with van der Waals surface area (Å²) in [6.45, 7) is 20.0. The molecule has 0 aromatic carbocycles. The Bertz CT molecular complexity index is 738. The van der Waals surface area contributed by atoms with E-state index in [1.165, 1.54) is 115 Å².